The minimum absolute atomic E-state index is 0.250. The Labute approximate surface area is 89.8 Å². The Morgan fingerprint density at radius 3 is 2.40 bits per heavy atom. The van der Waals surface area contributed by atoms with Crippen LogP contribution in [0, 0.1) is 5.41 Å². The van der Waals surface area contributed by atoms with E-state index in [-0.39, 0.29) is 11.6 Å². The molecule has 2 unspecified atom stereocenters. The van der Waals surface area contributed by atoms with Gasteiger partial charge in [-0.05, 0) is 37.4 Å². The van der Waals surface area contributed by atoms with Crippen molar-refractivity contribution in [2.45, 2.75) is 45.0 Å². The van der Waals surface area contributed by atoms with Crippen molar-refractivity contribution in [3.05, 3.63) is 0 Å². The minimum atomic E-state index is -1.15. The molecule has 0 aromatic carbocycles. The molecule has 0 spiro atoms. The van der Waals surface area contributed by atoms with Crippen molar-refractivity contribution in [2.75, 3.05) is 0 Å². The summed E-state index contributed by atoms with van der Waals surface area (Å²) in [6, 6.07) is 0.325. The number of rotatable bonds is 3. The minimum Gasteiger partial charge on any atom is -0.427 e. The smallest absolute Gasteiger partial charge is 0.427 e. The van der Waals surface area contributed by atoms with Gasteiger partial charge in [0.1, 0.15) is 0 Å². The Morgan fingerprint density at radius 1 is 1.53 bits per heavy atom. The molecule has 0 amide bonds. The maximum Gasteiger partial charge on any atom is 0.451 e. The van der Waals surface area contributed by atoms with Crippen LogP contribution < -0.4 is 5.73 Å². The van der Waals surface area contributed by atoms with Gasteiger partial charge in [0.15, 0.2) is 0 Å². The molecular weight excluding hydrogens is 197 g/mol. The Morgan fingerprint density at radius 2 is 2.07 bits per heavy atom. The van der Waals surface area contributed by atoms with Gasteiger partial charge < -0.3 is 15.8 Å². The van der Waals surface area contributed by atoms with Gasteiger partial charge in [-0.25, -0.2) is 0 Å². The summed E-state index contributed by atoms with van der Waals surface area (Å²) in [6.45, 7) is 2.18. The summed E-state index contributed by atoms with van der Waals surface area (Å²) in [5, 5.41) is 17.4. The number of carbonyl (C=O) groups excluding carboxylic acids is 2. The van der Waals surface area contributed by atoms with E-state index in [1.54, 1.807) is 0 Å². The van der Waals surface area contributed by atoms with Gasteiger partial charge in [-0.15, -0.1) is 0 Å². The van der Waals surface area contributed by atoms with E-state index in [0.717, 1.165) is 25.7 Å². The third-order valence-electron chi connectivity index (χ3n) is 2.88. The van der Waals surface area contributed by atoms with Crippen LogP contribution in [0.1, 0.15) is 32.6 Å². The van der Waals surface area contributed by atoms with Gasteiger partial charge in [0, 0.05) is 6.04 Å². The predicted molar refractivity (Wildman–Crippen MR) is 54.6 cm³/mol. The maximum atomic E-state index is 8.72. The van der Waals surface area contributed by atoms with Crippen LogP contribution in [-0.2, 0) is 9.59 Å². The Hall–Kier alpha value is -0.675. The SMILES string of the molecule is CC1(CCB(O)O)CCC(N)C1.O=C=O. The molecule has 0 aromatic rings. The molecule has 1 fully saturated rings. The average Bonchev–Trinajstić information content (AvgIpc) is 2.45. The first-order valence-electron chi connectivity index (χ1n) is 5.04. The number of hydrogen-bond donors (Lipinski definition) is 3. The summed E-state index contributed by atoms with van der Waals surface area (Å²) in [5.41, 5.74) is 6.04. The molecule has 0 radical (unpaired) electrons. The van der Waals surface area contributed by atoms with Crippen molar-refractivity contribution in [2.24, 2.45) is 11.1 Å². The second-order valence-corrected chi connectivity index (χ2v) is 4.42. The second-order valence-electron chi connectivity index (χ2n) is 4.42. The van der Waals surface area contributed by atoms with E-state index >= 15 is 0 Å². The molecule has 15 heavy (non-hydrogen) atoms. The molecule has 0 heterocycles. The van der Waals surface area contributed by atoms with Gasteiger partial charge in [0.05, 0.1) is 0 Å². The van der Waals surface area contributed by atoms with Gasteiger partial charge in [-0.1, -0.05) is 6.92 Å². The van der Waals surface area contributed by atoms with E-state index in [9.17, 15) is 0 Å². The summed E-state index contributed by atoms with van der Waals surface area (Å²) >= 11 is 0. The van der Waals surface area contributed by atoms with Crippen LogP contribution in [0.2, 0.25) is 6.32 Å². The van der Waals surface area contributed by atoms with E-state index in [0.29, 0.717) is 12.4 Å². The summed E-state index contributed by atoms with van der Waals surface area (Å²) in [7, 11) is -1.15. The largest absolute Gasteiger partial charge is 0.451 e. The second kappa shape index (κ2) is 6.74. The van der Waals surface area contributed by atoms with E-state index in [2.05, 4.69) is 6.92 Å². The zero-order valence-corrected chi connectivity index (χ0v) is 8.98. The number of hydrogen-bond acceptors (Lipinski definition) is 5. The first kappa shape index (κ1) is 14.3. The molecule has 0 saturated heterocycles. The fourth-order valence-corrected chi connectivity index (χ4v) is 2.08. The van der Waals surface area contributed by atoms with Gasteiger partial charge in [-0.2, -0.15) is 9.59 Å². The maximum absolute atomic E-state index is 8.72. The zero-order valence-electron chi connectivity index (χ0n) is 8.98. The summed E-state index contributed by atoms with van der Waals surface area (Å²) in [4.78, 5) is 16.2. The van der Waals surface area contributed by atoms with Crippen LogP contribution in [0.3, 0.4) is 0 Å². The highest BCUT2D eigenvalue weighted by Gasteiger charge is 2.33. The monoisotopic (exact) mass is 215 g/mol. The molecule has 1 aliphatic rings. The fraction of sp³-hybridized carbons (Fsp3) is 0.889. The topological polar surface area (TPSA) is 101 Å². The summed E-state index contributed by atoms with van der Waals surface area (Å²) in [5.74, 6) is 0. The first-order chi connectivity index (χ1) is 6.93. The van der Waals surface area contributed by atoms with E-state index in [1.165, 1.54) is 0 Å². The van der Waals surface area contributed by atoms with Crippen molar-refractivity contribution in [1.82, 2.24) is 0 Å². The average molecular weight is 215 g/mol. The van der Waals surface area contributed by atoms with Crippen molar-refractivity contribution in [3.8, 4) is 0 Å². The standard InChI is InChI=1S/C8H18BNO2.CO2/c1-8(4-5-9(11)12)3-2-7(10)6-8;2-1-3/h7,11-12H,2-6,10H2,1H3;. The van der Waals surface area contributed by atoms with E-state index in [1.807, 2.05) is 0 Å². The van der Waals surface area contributed by atoms with Gasteiger partial charge >= 0.3 is 13.3 Å². The lowest BCUT2D eigenvalue weighted by Gasteiger charge is -2.23. The highest BCUT2D eigenvalue weighted by atomic mass is 16.4. The molecule has 0 aromatic heterocycles. The van der Waals surface area contributed by atoms with Crippen LogP contribution in [0.5, 0.6) is 0 Å². The molecule has 1 aliphatic carbocycles. The van der Waals surface area contributed by atoms with Gasteiger partial charge in [0.2, 0.25) is 0 Å². The van der Waals surface area contributed by atoms with Crippen molar-refractivity contribution in [1.29, 1.82) is 0 Å². The zero-order chi connectivity index (χ0) is 11.9. The van der Waals surface area contributed by atoms with E-state index < -0.39 is 7.12 Å². The molecule has 4 N–H and O–H groups in total. The quantitative estimate of drug-likeness (QED) is 0.565. The van der Waals surface area contributed by atoms with Gasteiger partial charge in [-0.3, -0.25) is 0 Å². The molecule has 86 valence electrons. The Bertz CT molecular complexity index is 218. The fourth-order valence-electron chi connectivity index (χ4n) is 2.08. The normalized spacial score (nSPS) is 28.9. The molecular formula is C9H18BNO4. The Balaban J connectivity index is 0.000000583. The lowest BCUT2D eigenvalue weighted by molar-refractivity contribution is -0.191. The van der Waals surface area contributed by atoms with Crippen LogP contribution in [0.4, 0.5) is 0 Å². The van der Waals surface area contributed by atoms with E-state index in [4.69, 9.17) is 25.4 Å². The van der Waals surface area contributed by atoms with Crippen LogP contribution in [-0.4, -0.2) is 29.4 Å². The predicted octanol–water partition coefficient (Wildman–Crippen LogP) is -0.217. The molecule has 6 heteroatoms. The summed E-state index contributed by atoms with van der Waals surface area (Å²) < 4.78 is 0. The third kappa shape index (κ3) is 6.41. The molecule has 0 aliphatic heterocycles. The highest BCUT2D eigenvalue weighted by molar-refractivity contribution is 6.40. The molecule has 0 bridgehead atoms. The first-order valence-corrected chi connectivity index (χ1v) is 5.04. The highest BCUT2D eigenvalue weighted by Crippen LogP contribution is 2.40. The summed E-state index contributed by atoms with van der Waals surface area (Å²) in [6.07, 6.45) is 4.83. The molecule has 1 rings (SSSR count). The van der Waals surface area contributed by atoms with Crippen molar-refractivity contribution < 1.29 is 19.6 Å². The molecule has 2 atom stereocenters. The Kier molecular flexibility index (Phi) is 6.44. The van der Waals surface area contributed by atoms with Crippen LogP contribution >= 0.6 is 0 Å². The molecule has 1 saturated carbocycles. The lowest BCUT2D eigenvalue weighted by atomic mass is 9.74. The van der Waals surface area contributed by atoms with Crippen molar-refractivity contribution in [3.63, 3.8) is 0 Å². The van der Waals surface area contributed by atoms with Crippen LogP contribution in [0.15, 0.2) is 0 Å². The number of nitrogens with two attached hydrogens (primary N) is 1. The molecule has 5 nitrogen and oxygen atoms in total. The van der Waals surface area contributed by atoms with Gasteiger partial charge in [0.25, 0.3) is 0 Å². The third-order valence-corrected chi connectivity index (χ3v) is 2.88. The lowest BCUT2D eigenvalue weighted by Crippen LogP contribution is -2.21. The van der Waals surface area contributed by atoms with Crippen molar-refractivity contribution >= 4 is 13.3 Å². The van der Waals surface area contributed by atoms with Crippen LogP contribution in [0.25, 0.3) is 0 Å².